The predicted octanol–water partition coefficient (Wildman–Crippen LogP) is -0.592. The van der Waals surface area contributed by atoms with Crippen LogP contribution in [0, 0.1) is 0 Å². The van der Waals surface area contributed by atoms with Crippen LogP contribution >= 0.6 is 0 Å². The van der Waals surface area contributed by atoms with E-state index in [1.165, 1.54) is 7.05 Å². The first kappa shape index (κ1) is 16.0. The van der Waals surface area contributed by atoms with Gasteiger partial charge in [-0.2, -0.15) is 0 Å². The Hall–Kier alpha value is 0.582. The van der Waals surface area contributed by atoms with Crippen molar-refractivity contribution in [3.8, 4) is 0 Å². The number of hydrogen-bond acceptors (Lipinski definition) is 2. The molecule has 0 bridgehead atoms. The second kappa shape index (κ2) is 46.8. The summed E-state index contributed by atoms with van der Waals surface area (Å²) in [5.41, 5.74) is 4.50. The zero-order chi connectivity index (χ0) is 4.71. The van der Waals surface area contributed by atoms with Crippen molar-refractivity contribution < 1.29 is 20.4 Å². The average molecular weight is 183 g/mol. The minimum Gasteiger partial charge on any atom is -0.333 e. The third-order valence-electron chi connectivity index (χ3n) is 0. The summed E-state index contributed by atoms with van der Waals surface area (Å²) in [5, 5.41) is 2.75. The molecule has 0 aliphatic carbocycles. The number of rotatable bonds is 0. The van der Waals surface area contributed by atoms with Gasteiger partial charge in [-0.25, -0.2) is 0 Å². The third-order valence-corrected chi connectivity index (χ3v) is 0. The van der Waals surface area contributed by atoms with E-state index in [1.54, 1.807) is 0 Å². The van der Waals surface area contributed by atoms with E-state index in [2.05, 4.69) is 11.1 Å². The standard InChI is InChI=1S/C2H7N.CH5N.Pd/c1-3-2;1-2;/h3H,1-2H3;2H2,1H3;. The molecule has 0 atom stereocenters. The Morgan fingerprint density at radius 2 is 1.17 bits per heavy atom. The third kappa shape index (κ3) is 173. The Balaban J connectivity index is -0.0000000275. The number of hydrogen-bond donors (Lipinski definition) is 2. The van der Waals surface area contributed by atoms with Gasteiger partial charge in [-0.15, -0.1) is 0 Å². The fourth-order valence-corrected chi connectivity index (χ4v) is 0. The van der Waals surface area contributed by atoms with Gasteiger partial charge in [-0.3, -0.25) is 0 Å². The largest absolute Gasteiger partial charge is 0.333 e. The molecule has 0 aromatic carbocycles. The van der Waals surface area contributed by atoms with Gasteiger partial charge in [0.1, 0.15) is 0 Å². The van der Waals surface area contributed by atoms with Crippen molar-refractivity contribution in [3.05, 3.63) is 0 Å². The summed E-state index contributed by atoms with van der Waals surface area (Å²) in [6, 6.07) is 0. The smallest absolute Gasteiger partial charge is 0 e. The summed E-state index contributed by atoms with van der Waals surface area (Å²) in [4.78, 5) is 0. The van der Waals surface area contributed by atoms with E-state index in [0.29, 0.717) is 0 Å². The Morgan fingerprint density at radius 3 is 1.17 bits per heavy atom. The molecule has 0 saturated heterocycles. The Kier molecular flexibility index (Phi) is 125. The van der Waals surface area contributed by atoms with Crippen molar-refractivity contribution in [1.29, 1.82) is 0 Å². The molecular formula is C3H12N2Pd. The van der Waals surface area contributed by atoms with Crippen LogP contribution in [0.3, 0.4) is 0 Å². The normalized spacial score (nSPS) is 4.00. The number of nitrogens with two attached hydrogens (primary N) is 1. The minimum absolute atomic E-state index is 0. The predicted molar refractivity (Wildman–Crippen MR) is 25.1 cm³/mol. The summed E-state index contributed by atoms with van der Waals surface area (Å²) in [5.74, 6) is 0. The molecule has 2 nitrogen and oxygen atoms in total. The van der Waals surface area contributed by atoms with E-state index in [1.807, 2.05) is 14.1 Å². The monoisotopic (exact) mass is 182 g/mol. The van der Waals surface area contributed by atoms with Crippen molar-refractivity contribution in [2.24, 2.45) is 5.73 Å². The van der Waals surface area contributed by atoms with Gasteiger partial charge in [-0.1, -0.05) is 0 Å². The van der Waals surface area contributed by atoms with Gasteiger partial charge >= 0.3 is 0 Å². The van der Waals surface area contributed by atoms with Gasteiger partial charge in [0.25, 0.3) is 0 Å². The molecule has 0 fully saturated rings. The van der Waals surface area contributed by atoms with Crippen LogP contribution in [0.5, 0.6) is 0 Å². The molecule has 0 amide bonds. The average Bonchev–Trinajstić information content (AvgIpc) is 1.46. The summed E-state index contributed by atoms with van der Waals surface area (Å²) in [7, 11) is 5.25. The maximum Gasteiger partial charge on any atom is 0 e. The van der Waals surface area contributed by atoms with Crippen LogP contribution in [-0.4, -0.2) is 21.1 Å². The van der Waals surface area contributed by atoms with Crippen molar-refractivity contribution in [2.75, 3.05) is 21.1 Å². The van der Waals surface area contributed by atoms with Crippen LogP contribution in [0.4, 0.5) is 0 Å². The van der Waals surface area contributed by atoms with Gasteiger partial charge in [-0.05, 0) is 21.1 Å². The minimum atomic E-state index is 0. The van der Waals surface area contributed by atoms with Crippen LogP contribution in [0.2, 0.25) is 0 Å². The zero-order valence-corrected chi connectivity index (χ0v) is 5.95. The fraction of sp³-hybridized carbons (Fsp3) is 1.00. The molecule has 0 aromatic heterocycles. The Labute approximate surface area is 53.1 Å². The molecule has 0 spiro atoms. The maximum absolute atomic E-state index is 4.50. The molecule has 0 rings (SSSR count). The number of nitrogens with one attached hydrogen (secondary N) is 1. The van der Waals surface area contributed by atoms with Crippen LogP contribution in [0.1, 0.15) is 0 Å². The van der Waals surface area contributed by atoms with Crippen LogP contribution in [0.15, 0.2) is 0 Å². The van der Waals surface area contributed by atoms with Gasteiger partial charge in [0.05, 0.1) is 0 Å². The zero-order valence-electron chi connectivity index (χ0n) is 4.39. The van der Waals surface area contributed by atoms with E-state index in [-0.39, 0.29) is 20.4 Å². The van der Waals surface area contributed by atoms with E-state index in [9.17, 15) is 0 Å². The molecule has 0 aromatic rings. The van der Waals surface area contributed by atoms with E-state index < -0.39 is 0 Å². The van der Waals surface area contributed by atoms with Crippen LogP contribution < -0.4 is 11.1 Å². The second-order valence-electron chi connectivity index (χ2n) is 0.500. The molecule has 0 radical (unpaired) electrons. The SMILES string of the molecule is CN.CNC.[Pd]. The summed E-state index contributed by atoms with van der Waals surface area (Å²) in [6.45, 7) is 0. The van der Waals surface area contributed by atoms with Crippen LogP contribution in [-0.2, 0) is 20.4 Å². The maximum atomic E-state index is 4.50. The molecule has 0 saturated carbocycles. The van der Waals surface area contributed by atoms with Crippen LogP contribution in [0.25, 0.3) is 0 Å². The molecule has 6 heavy (non-hydrogen) atoms. The van der Waals surface area contributed by atoms with Crippen molar-refractivity contribution in [3.63, 3.8) is 0 Å². The molecule has 3 heteroatoms. The molecule has 3 N–H and O–H groups in total. The molecule has 0 unspecified atom stereocenters. The summed E-state index contributed by atoms with van der Waals surface area (Å²) < 4.78 is 0. The molecule has 0 aliphatic rings. The molecule has 0 aliphatic heterocycles. The van der Waals surface area contributed by atoms with Gasteiger partial charge in [0.15, 0.2) is 0 Å². The van der Waals surface area contributed by atoms with Crippen molar-refractivity contribution in [1.82, 2.24) is 5.32 Å². The van der Waals surface area contributed by atoms with Crippen molar-refractivity contribution >= 4 is 0 Å². The first-order valence-corrected chi connectivity index (χ1v) is 1.58. The van der Waals surface area contributed by atoms with Gasteiger partial charge in [0, 0.05) is 20.4 Å². The first-order chi connectivity index (χ1) is 2.41. The topological polar surface area (TPSA) is 38.0 Å². The van der Waals surface area contributed by atoms with Gasteiger partial charge < -0.3 is 11.1 Å². The molecular weight excluding hydrogens is 170 g/mol. The molecule has 44 valence electrons. The summed E-state index contributed by atoms with van der Waals surface area (Å²) >= 11 is 0. The van der Waals surface area contributed by atoms with E-state index in [4.69, 9.17) is 0 Å². The van der Waals surface area contributed by atoms with E-state index in [0.717, 1.165) is 0 Å². The quantitative estimate of drug-likeness (QED) is 0.492. The molecule has 0 heterocycles. The van der Waals surface area contributed by atoms with Gasteiger partial charge in [0.2, 0.25) is 0 Å². The van der Waals surface area contributed by atoms with Crippen molar-refractivity contribution in [2.45, 2.75) is 0 Å². The van der Waals surface area contributed by atoms with E-state index >= 15 is 0 Å². The Morgan fingerprint density at radius 1 is 1.17 bits per heavy atom. The second-order valence-corrected chi connectivity index (χ2v) is 0.500. The Bertz CT molecular complexity index is 8.75. The summed E-state index contributed by atoms with van der Waals surface area (Å²) in [6.07, 6.45) is 0. The fourth-order valence-electron chi connectivity index (χ4n) is 0. The first-order valence-electron chi connectivity index (χ1n) is 1.58.